The Bertz CT molecular complexity index is 295. The van der Waals surface area contributed by atoms with E-state index in [1.165, 1.54) is 6.07 Å². The summed E-state index contributed by atoms with van der Waals surface area (Å²) in [4.78, 5) is 0. The zero-order valence-electron chi connectivity index (χ0n) is 8.89. The van der Waals surface area contributed by atoms with Gasteiger partial charge in [0, 0.05) is 12.1 Å². The van der Waals surface area contributed by atoms with Crippen LogP contribution in [0.3, 0.4) is 0 Å². The van der Waals surface area contributed by atoms with Gasteiger partial charge in [-0.05, 0) is 32.4 Å². The second-order valence-electron chi connectivity index (χ2n) is 4.27. The van der Waals surface area contributed by atoms with Crippen LogP contribution in [0.2, 0.25) is 0 Å². The van der Waals surface area contributed by atoms with Gasteiger partial charge in [0.1, 0.15) is 5.82 Å². The second kappa shape index (κ2) is 3.96. The number of para-hydroxylation sites is 1. The van der Waals surface area contributed by atoms with Crippen LogP contribution in [0, 0.1) is 12.7 Å². The third kappa shape index (κ3) is 3.00. The summed E-state index contributed by atoms with van der Waals surface area (Å²) < 4.78 is 13.3. The molecule has 0 aliphatic carbocycles. The summed E-state index contributed by atoms with van der Waals surface area (Å²) in [6.45, 7) is 6.22. The zero-order chi connectivity index (χ0) is 10.8. The van der Waals surface area contributed by atoms with Gasteiger partial charge in [-0.1, -0.05) is 12.1 Å². The number of benzene rings is 1. The predicted octanol–water partition coefficient (Wildman–Crippen LogP) is 2.28. The lowest BCUT2D eigenvalue weighted by Gasteiger charge is -2.20. The van der Waals surface area contributed by atoms with Crippen molar-refractivity contribution in [3.05, 3.63) is 29.6 Å². The van der Waals surface area contributed by atoms with Crippen LogP contribution < -0.4 is 11.1 Å². The highest BCUT2D eigenvalue weighted by atomic mass is 19.1. The van der Waals surface area contributed by atoms with Gasteiger partial charge in [-0.2, -0.15) is 0 Å². The van der Waals surface area contributed by atoms with Crippen LogP contribution in [-0.4, -0.2) is 12.1 Å². The maximum absolute atomic E-state index is 13.3. The van der Waals surface area contributed by atoms with E-state index >= 15 is 0 Å². The number of nitrogens with one attached hydrogen (secondary N) is 1. The van der Waals surface area contributed by atoms with Crippen LogP contribution in [0.4, 0.5) is 10.1 Å². The molecular weight excluding hydrogens is 179 g/mol. The van der Waals surface area contributed by atoms with Crippen LogP contribution in [0.15, 0.2) is 18.2 Å². The number of nitrogens with two attached hydrogens (primary N) is 1. The maximum Gasteiger partial charge on any atom is 0.146 e. The maximum atomic E-state index is 13.3. The van der Waals surface area contributed by atoms with Gasteiger partial charge in [0.25, 0.3) is 0 Å². The third-order valence-corrected chi connectivity index (χ3v) is 1.94. The number of aryl methyl sites for hydroxylation is 1. The Morgan fingerprint density at radius 3 is 2.57 bits per heavy atom. The van der Waals surface area contributed by atoms with E-state index < -0.39 is 0 Å². The average Bonchev–Trinajstić information content (AvgIpc) is 2.01. The minimum atomic E-state index is -0.339. The summed E-state index contributed by atoms with van der Waals surface area (Å²) in [5, 5.41) is 3.02. The predicted molar refractivity (Wildman–Crippen MR) is 57.9 cm³/mol. The van der Waals surface area contributed by atoms with Crippen molar-refractivity contribution in [2.45, 2.75) is 26.3 Å². The summed E-state index contributed by atoms with van der Waals surface area (Å²) >= 11 is 0. The molecular formula is C11H17FN2. The molecule has 0 fully saturated rings. The molecule has 2 nitrogen and oxygen atoms in total. The van der Waals surface area contributed by atoms with Crippen molar-refractivity contribution in [3.8, 4) is 0 Å². The van der Waals surface area contributed by atoms with E-state index in [-0.39, 0.29) is 11.4 Å². The minimum absolute atomic E-state index is 0.228. The van der Waals surface area contributed by atoms with E-state index in [1.807, 2.05) is 26.8 Å². The highest BCUT2D eigenvalue weighted by Crippen LogP contribution is 2.18. The lowest BCUT2D eigenvalue weighted by molar-refractivity contribution is 0.545. The van der Waals surface area contributed by atoms with E-state index in [0.717, 1.165) is 5.56 Å². The molecule has 3 N–H and O–H groups in total. The van der Waals surface area contributed by atoms with Gasteiger partial charge in [-0.3, -0.25) is 0 Å². The smallest absolute Gasteiger partial charge is 0.146 e. The van der Waals surface area contributed by atoms with Crippen LogP contribution in [0.25, 0.3) is 0 Å². The number of halogens is 1. The first-order chi connectivity index (χ1) is 6.40. The van der Waals surface area contributed by atoms with Gasteiger partial charge in [-0.25, -0.2) is 4.39 Å². The highest BCUT2D eigenvalue weighted by molar-refractivity contribution is 5.51. The van der Waals surface area contributed by atoms with Crippen LogP contribution >= 0.6 is 0 Å². The summed E-state index contributed by atoms with van der Waals surface area (Å²) in [5.41, 5.74) is 6.90. The van der Waals surface area contributed by atoms with Gasteiger partial charge in [0.2, 0.25) is 0 Å². The molecule has 0 unspecified atom stereocenters. The van der Waals surface area contributed by atoms with Crippen LogP contribution in [-0.2, 0) is 0 Å². The molecule has 1 aromatic carbocycles. The lowest BCUT2D eigenvalue weighted by atomic mass is 10.1. The second-order valence-corrected chi connectivity index (χ2v) is 4.27. The van der Waals surface area contributed by atoms with Gasteiger partial charge in [0.15, 0.2) is 0 Å². The first-order valence-corrected chi connectivity index (χ1v) is 4.68. The quantitative estimate of drug-likeness (QED) is 0.778. The van der Waals surface area contributed by atoms with Crippen molar-refractivity contribution < 1.29 is 4.39 Å². The SMILES string of the molecule is Cc1cccc(F)c1NCC(C)(C)N. The molecule has 78 valence electrons. The van der Waals surface area contributed by atoms with Gasteiger partial charge >= 0.3 is 0 Å². The molecule has 0 bridgehead atoms. The molecule has 0 aliphatic rings. The minimum Gasteiger partial charge on any atom is -0.381 e. The zero-order valence-corrected chi connectivity index (χ0v) is 8.89. The molecule has 0 saturated heterocycles. The van der Waals surface area contributed by atoms with Crippen molar-refractivity contribution >= 4 is 5.69 Å². The number of hydrogen-bond donors (Lipinski definition) is 2. The first kappa shape index (κ1) is 11.0. The standard InChI is InChI=1S/C11H17FN2/c1-8-5-4-6-9(12)10(8)14-7-11(2,3)13/h4-6,14H,7,13H2,1-3H3. The monoisotopic (exact) mass is 196 g/mol. The Labute approximate surface area is 84.3 Å². The Hall–Kier alpha value is -1.09. The van der Waals surface area contributed by atoms with Crippen molar-refractivity contribution in [2.24, 2.45) is 5.73 Å². The molecule has 0 spiro atoms. The molecule has 14 heavy (non-hydrogen) atoms. The van der Waals surface area contributed by atoms with E-state index in [0.29, 0.717) is 12.2 Å². The van der Waals surface area contributed by atoms with Crippen molar-refractivity contribution in [1.82, 2.24) is 0 Å². The van der Waals surface area contributed by atoms with Gasteiger partial charge in [-0.15, -0.1) is 0 Å². The number of anilines is 1. The number of hydrogen-bond acceptors (Lipinski definition) is 2. The summed E-state index contributed by atoms with van der Waals surface area (Å²) in [7, 11) is 0. The molecule has 0 amide bonds. The third-order valence-electron chi connectivity index (χ3n) is 1.94. The van der Waals surface area contributed by atoms with Crippen LogP contribution in [0.5, 0.6) is 0 Å². The van der Waals surface area contributed by atoms with Crippen molar-refractivity contribution in [1.29, 1.82) is 0 Å². The Balaban J connectivity index is 2.77. The Morgan fingerprint density at radius 1 is 1.43 bits per heavy atom. The fourth-order valence-electron chi connectivity index (χ4n) is 1.17. The molecule has 1 aromatic rings. The highest BCUT2D eigenvalue weighted by Gasteiger charge is 2.12. The van der Waals surface area contributed by atoms with E-state index in [2.05, 4.69) is 5.32 Å². The summed E-state index contributed by atoms with van der Waals surface area (Å²) in [6, 6.07) is 5.01. The summed E-state index contributed by atoms with van der Waals surface area (Å²) in [5.74, 6) is -0.228. The molecule has 0 atom stereocenters. The molecule has 0 saturated carbocycles. The fraction of sp³-hybridized carbons (Fsp3) is 0.455. The van der Waals surface area contributed by atoms with Gasteiger partial charge < -0.3 is 11.1 Å². The summed E-state index contributed by atoms with van der Waals surface area (Å²) in [6.07, 6.45) is 0. The number of rotatable bonds is 3. The molecule has 0 aromatic heterocycles. The topological polar surface area (TPSA) is 38.0 Å². The Kier molecular flexibility index (Phi) is 3.11. The van der Waals surface area contributed by atoms with Crippen LogP contribution in [0.1, 0.15) is 19.4 Å². The fourth-order valence-corrected chi connectivity index (χ4v) is 1.17. The normalized spacial score (nSPS) is 11.5. The Morgan fingerprint density at radius 2 is 2.07 bits per heavy atom. The van der Waals surface area contributed by atoms with Crippen molar-refractivity contribution in [2.75, 3.05) is 11.9 Å². The largest absolute Gasteiger partial charge is 0.381 e. The average molecular weight is 196 g/mol. The van der Waals surface area contributed by atoms with E-state index in [9.17, 15) is 4.39 Å². The first-order valence-electron chi connectivity index (χ1n) is 4.68. The molecule has 1 rings (SSSR count). The van der Waals surface area contributed by atoms with Crippen molar-refractivity contribution in [3.63, 3.8) is 0 Å². The molecule has 0 radical (unpaired) electrons. The van der Waals surface area contributed by atoms with E-state index in [4.69, 9.17) is 5.73 Å². The molecule has 0 aliphatic heterocycles. The van der Waals surface area contributed by atoms with E-state index in [1.54, 1.807) is 6.07 Å². The molecule has 3 heteroatoms. The molecule has 0 heterocycles. The van der Waals surface area contributed by atoms with Gasteiger partial charge in [0.05, 0.1) is 5.69 Å². The lowest BCUT2D eigenvalue weighted by Crippen LogP contribution is -2.39.